The summed E-state index contributed by atoms with van der Waals surface area (Å²) in [5.41, 5.74) is 0. The molecule has 0 unspecified atom stereocenters. The van der Waals surface area contributed by atoms with Crippen molar-refractivity contribution in [3.05, 3.63) is 303 Å². The van der Waals surface area contributed by atoms with Crippen molar-refractivity contribution in [2.24, 2.45) is 0 Å². The van der Waals surface area contributed by atoms with E-state index >= 15 is 0 Å². The van der Waals surface area contributed by atoms with Crippen molar-refractivity contribution < 1.29 is 0 Å². The highest BCUT2D eigenvalue weighted by atomic mass is 13.9. The second-order valence-electron chi connectivity index (χ2n) is 11.6. The van der Waals surface area contributed by atoms with Crippen molar-refractivity contribution in [2.45, 2.75) is 0 Å². The molecule has 0 saturated carbocycles. The van der Waals surface area contributed by atoms with E-state index in [-0.39, 0.29) is 0 Å². The first kappa shape index (κ1) is 39.2. The fourth-order valence-corrected chi connectivity index (χ4v) is 4.53. The van der Waals surface area contributed by atoms with Crippen LogP contribution in [0.4, 0.5) is 0 Å². The molecule has 0 spiro atoms. The molecule has 60 heavy (non-hydrogen) atoms. The number of hydrogen-bond donors (Lipinski definition) is 0. The van der Waals surface area contributed by atoms with Gasteiger partial charge in [0.2, 0.25) is 0 Å². The first-order chi connectivity index (χ1) is 29.7. The van der Waals surface area contributed by atoms with Crippen LogP contribution in [0, 0.1) is 182 Å². The average molecular weight is 741 g/mol. The van der Waals surface area contributed by atoms with Gasteiger partial charge >= 0.3 is 0 Å². The van der Waals surface area contributed by atoms with Crippen molar-refractivity contribution in [3.8, 4) is 0 Å². The first-order valence-corrected chi connectivity index (χ1v) is 17.9. The van der Waals surface area contributed by atoms with Crippen molar-refractivity contribution in [1.29, 1.82) is 0 Å². The SMILES string of the molecule is c1c#cc2ccc(c#cc#cc#cc3ccc(c#cc#cc#cc4ccc(c#cc#cc#cc5ccc(c#cc#cc#cc6ccc(c#cc#1)cc6)cc5)cc4)cc3)cc2. The molecule has 0 N–H and O–H groups in total. The molecule has 0 fully saturated rings. The molecule has 0 nitrogen and oxygen atoms in total. The van der Waals surface area contributed by atoms with Crippen LogP contribution in [0.3, 0.4) is 0 Å². The molecular weight excluding hydrogens is 721 g/mol. The molecule has 10 bridgehead atoms. The Morgan fingerprint density at radius 2 is 0.200 bits per heavy atom. The molecule has 0 saturated heterocycles. The van der Waals surface area contributed by atoms with Crippen LogP contribution in [0.1, 0.15) is 0 Å². The van der Waals surface area contributed by atoms with E-state index in [0.29, 0.717) is 0 Å². The van der Waals surface area contributed by atoms with Gasteiger partial charge in [0.1, 0.15) is 0 Å². The summed E-state index contributed by atoms with van der Waals surface area (Å²) in [5.74, 6) is 0. The Balaban J connectivity index is 1.21. The molecule has 0 aliphatic carbocycles. The predicted molar refractivity (Wildman–Crippen MR) is 229 cm³/mol. The molecule has 0 amide bonds. The van der Waals surface area contributed by atoms with Crippen LogP contribution < -0.4 is 0 Å². The standard InChI is InChI=1S/C60H20/c1-2-12-22-52-35-37-54(38-36-52)24-14-5-6-16-26-56-43-45-58(46-44-56)28-18-9-10-20-30-60-49-47-59(48-50-60)29-19-8-7-17-27-57-41-39-55(40-42-57)25-15-4-3-13-23-53-33-31-51(21-11-1)32-34-53/h31-50H. The van der Waals surface area contributed by atoms with Crippen LogP contribution in [0.5, 0.6) is 0 Å². The summed E-state index contributed by atoms with van der Waals surface area (Å²) in [6, 6.07) is 124. The third kappa shape index (κ3) is 14.4. The largest absolute Gasteiger partial charge is 0.0528 e. The van der Waals surface area contributed by atoms with Gasteiger partial charge in [-0.1, -0.05) is 60.7 Å². The van der Waals surface area contributed by atoms with Crippen LogP contribution in [-0.4, -0.2) is 0 Å². The maximum atomic E-state index is 3.01. The highest BCUT2D eigenvalue weighted by molar-refractivity contribution is 5.63. The van der Waals surface area contributed by atoms with E-state index < -0.39 is 0 Å². The van der Waals surface area contributed by atoms with E-state index in [4.69, 9.17) is 0 Å². The monoisotopic (exact) mass is 740 g/mol. The van der Waals surface area contributed by atoms with Crippen molar-refractivity contribution >= 4 is 53.9 Å². The maximum Gasteiger partial charge on any atom is 0.0256 e. The zero-order chi connectivity index (χ0) is 41.1. The average Bonchev–Trinajstić information content (AvgIpc) is 3.29. The first-order valence-electron chi connectivity index (χ1n) is 17.9. The van der Waals surface area contributed by atoms with E-state index in [2.05, 4.69) is 182 Å². The highest BCUT2D eigenvalue weighted by Gasteiger charge is 1.82. The molecular formula is C60H20. The van der Waals surface area contributed by atoms with E-state index in [1.54, 1.807) is 0 Å². The Kier molecular flexibility index (Phi) is 14.8. The van der Waals surface area contributed by atoms with Gasteiger partial charge in [0.05, 0.1) is 0 Å². The summed E-state index contributed by atoms with van der Waals surface area (Å²) in [4.78, 5) is 0. The fourth-order valence-electron chi connectivity index (χ4n) is 4.53. The molecule has 0 atom stereocenters. The van der Waals surface area contributed by atoms with Gasteiger partial charge in [-0.15, -0.1) is 0 Å². The zero-order valence-corrected chi connectivity index (χ0v) is 31.5. The van der Waals surface area contributed by atoms with Crippen LogP contribution in [-0.2, 0) is 0 Å². The Bertz CT molecular complexity index is 2190. The predicted octanol–water partition coefficient (Wildman–Crippen LogP) is 11.0. The van der Waals surface area contributed by atoms with Crippen molar-refractivity contribution in [1.82, 2.24) is 0 Å². The second kappa shape index (κ2) is 22.7. The number of rotatable bonds is 0. The van der Waals surface area contributed by atoms with Gasteiger partial charge in [0.15, 0.2) is 0 Å². The van der Waals surface area contributed by atoms with Crippen LogP contribution in [0.15, 0.2) is 121 Å². The molecule has 11 aromatic carbocycles. The second-order valence-corrected chi connectivity index (χ2v) is 11.6. The molecule has 0 aliphatic rings. The Morgan fingerprint density at radius 3 is 0.283 bits per heavy atom. The van der Waals surface area contributed by atoms with Gasteiger partial charge in [-0.3, -0.25) is 0 Å². The molecule has 0 aromatic heterocycles. The lowest BCUT2D eigenvalue weighted by Crippen LogP contribution is -1.60. The lowest BCUT2D eigenvalue weighted by atomic mass is 10.2. The van der Waals surface area contributed by atoms with E-state index in [1.807, 2.05) is 121 Å². The molecule has 0 aliphatic heterocycles. The topological polar surface area (TPSA) is 0 Å². The summed E-state index contributed by atoms with van der Waals surface area (Å²) in [6.07, 6.45) is 0. The number of fused-ring (bicyclic) bond motifs is 5. The summed E-state index contributed by atoms with van der Waals surface area (Å²) < 4.78 is 0. The van der Waals surface area contributed by atoms with Crippen LogP contribution in [0.25, 0.3) is 53.9 Å². The van der Waals surface area contributed by atoms with Gasteiger partial charge in [-0.2, -0.15) is 0 Å². The maximum absolute atomic E-state index is 3.01. The zero-order valence-electron chi connectivity index (χ0n) is 31.5. The summed E-state index contributed by atoms with van der Waals surface area (Å²) in [5, 5.41) is 8.14. The minimum Gasteiger partial charge on any atom is -0.0528 e. The van der Waals surface area contributed by atoms with Gasteiger partial charge in [-0.25, -0.2) is 0 Å². The Labute approximate surface area is 355 Å². The van der Waals surface area contributed by atoms with Gasteiger partial charge in [0, 0.05) is 53.9 Å². The summed E-state index contributed by atoms with van der Waals surface area (Å²) >= 11 is 0. The van der Waals surface area contributed by atoms with E-state index in [0.717, 1.165) is 53.9 Å². The number of hydrogen-bond acceptors (Lipinski definition) is 0. The minimum absolute atomic E-state index is 0.814. The van der Waals surface area contributed by atoms with Gasteiger partial charge < -0.3 is 0 Å². The fraction of sp³-hybridized carbons (Fsp3) is 0. The lowest BCUT2D eigenvalue weighted by Gasteiger charge is -1.81. The molecule has 0 heteroatoms. The normalized spacial score (nSPS) is 7.67. The van der Waals surface area contributed by atoms with Gasteiger partial charge in [0.25, 0.3) is 0 Å². The van der Waals surface area contributed by atoms with Crippen molar-refractivity contribution in [3.63, 3.8) is 0 Å². The lowest BCUT2D eigenvalue weighted by molar-refractivity contribution is 1.81. The molecule has 260 valence electrons. The molecule has 0 heterocycles. The highest BCUT2D eigenvalue weighted by Crippen LogP contribution is 2.04. The molecule has 0 radical (unpaired) electrons. The Hall–Kier alpha value is -10.5. The third-order valence-corrected chi connectivity index (χ3v) is 7.43. The third-order valence-electron chi connectivity index (χ3n) is 7.43. The number of benzene rings is 5. The minimum atomic E-state index is 0.814. The molecule has 11 aromatic rings. The van der Waals surface area contributed by atoms with E-state index in [9.17, 15) is 0 Å². The van der Waals surface area contributed by atoms with Crippen LogP contribution >= 0.6 is 0 Å². The van der Waals surface area contributed by atoms with Crippen LogP contribution in [0.2, 0.25) is 0 Å². The molecule has 11 rings (SSSR count). The Morgan fingerprint density at radius 1 is 0.117 bits per heavy atom. The van der Waals surface area contributed by atoms with E-state index in [1.165, 1.54) is 0 Å². The van der Waals surface area contributed by atoms with Crippen molar-refractivity contribution in [2.75, 3.05) is 0 Å². The smallest absolute Gasteiger partial charge is 0.0256 e. The quantitative estimate of drug-likeness (QED) is 0.145. The summed E-state index contributed by atoms with van der Waals surface area (Å²) in [7, 11) is 0. The summed E-state index contributed by atoms with van der Waals surface area (Å²) in [6.45, 7) is 0. The van der Waals surface area contributed by atoms with Gasteiger partial charge in [-0.05, 0) is 243 Å².